The Balaban J connectivity index is 0.000000358. The number of hydrogen-bond acceptors (Lipinski definition) is 10. The van der Waals surface area contributed by atoms with Crippen LogP contribution in [0.15, 0.2) is 97.6 Å². The van der Waals surface area contributed by atoms with E-state index in [2.05, 4.69) is 40.3 Å². The van der Waals surface area contributed by atoms with Gasteiger partial charge >= 0.3 is 115 Å². The molecule has 0 atom stereocenters. The van der Waals surface area contributed by atoms with Gasteiger partial charge in [-0.25, -0.2) is 0 Å². The van der Waals surface area contributed by atoms with Crippen molar-refractivity contribution in [2.75, 3.05) is 0 Å². The zero-order chi connectivity index (χ0) is 35.8. The summed E-state index contributed by atoms with van der Waals surface area (Å²) in [5.74, 6) is 0. The Kier molecular flexibility index (Phi) is 14.6. The largest absolute Gasteiger partial charge is 1.00 e. The fourth-order valence-corrected chi connectivity index (χ4v) is 4.41. The average molecular weight is 1070 g/mol. The minimum atomic E-state index is -11.1. The smallest absolute Gasteiger partial charge is 0.254 e. The molecule has 0 fully saturated rings. The summed E-state index contributed by atoms with van der Waals surface area (Å²) in [5, 5.41) is 19.8. The van der Waals surface area contributed by atoms with Gasteiger partial charge in [0.15, 0.2) is 20.0 Å². The summed E-state index contributed by atoms with van der Waals surface area (Å²) in [6.07, 6.45) is 6.99. The molecule has 0 bridgehead atoms. The molecule has 0 N–H and O–H groups in total. The first kappa shape index (κ1) is 45.5. The van der Waals surface area contributed by atoms with E-state index in [1.807, 2.05) is 72.8 Å². The maximum Gasteiger partial charge on any atom is 1.00 e. The van der Waals surface area contributed by atoms with Crippen LogP contribution in [-0.2, 0) is 44.8 Å². The first-order chi connectivity index (χ1) is 21.8. The van der Waals surface area contributed by atoms with Crippen LogP contribution in [-0.4, -0.2) is 68.7 Å². The second kappa shape index (κ2) is 16.0. The van der Waals surface area contributed by atoms with Gasteiger partial charge in [-0.1, -0.05) is 46.9 Å². The van der Waals surface area contributed by atoms with Crippen molar-refractivity contribution >= 4 is 51.0 Å². The van der Waals surface area contributed by atoms with Crippen LogP contribution in [0.5, 0.6) is 0 Å². The monoisotopic (exact) mass is 1070 g/mol. The molecule has 0 radical (unpaired) electrons. The van der Waals surface area contributed by atoms with Crippen molar-refractivity contribution in [2.24, 2.45) is 0 Å². The van der Waals surface area contributed by atoms with Gasteiger partial charge in [0.2, 0.25) is 0 Å². The minimum Gasteiger partial charge on any atom is -0.254 e. The molecule has 6 aromatic heterocycles. The number of aromatic nitrogens is 8. The second-order valence-corrected chi connectivity index (χ2v) is 18.6. The second-order valence-electron chi connectivity index (χ2n) is 8.60. The molecule has 0 aliphatic carbocycles. The van der Waals surface area contributed by atoms with Gasteiger partial charge < -0.3 is 0 Å². The normalized spacial score (nSPS) is 13.5. The summed E-state index contributed by atoms with van der Waals surface area (Å²) in [5.41, 5.74) is 3.36. The van der Waals surface area contributed by atoms with E-state index in [0.29, 0.717) is 0 Å². The SMILES string of the molecule is F[As-](F)(F)(F)(F)F.F[As-](F)(F)(F)(F)F.[Ag+].[Ag+].c1ccc(-c2nnc(-c3ccccn3)s2)nc1.c1ccc(-c2nnc(-c3ccccn3)s2)nc1. The van der Waals surface area contributed by atoms with Crippen LogP contribution in [0.3, 0.4) is 0 Å². The van der Waals surface area contributed by atoms with Gasteiger partial charge in [-0.3, -0.25) is 19.9 Å². The van der Waals surface area contributed by atoms with Gasteiger partial charge in [-0.2, -0.15) is 0 Å². The Bertz CT molecular complexity index is 1640. The third kappa shape index (κ3) is 22.3. The van der Waals surface area contributed by atoms with Gasteiger partial charge in [-0.05, 0) is 48.5 Å². The van der Waals surface area contributed by atoms with Crippen molar-refractivity contribution < 1.29 is 86.4 Å². The van der Waals surface area contributed by atoms with Crippen molar-refractivity contribution in [3.63, 3.8) is 0 Å². The Morgan fingerprint density at radius 2 is 0.520 bits per heavy atom. The molecule has 0 aromatic carbocycles. The molecule has 0 saturated heterocycles. The Morgan fingerprint density at radius 1 is 0.340 bits per heavy atom. The van der Waals surface area contributed by atoms with E-state index in [4.69, 9.17) is 0 Å². The maximum absolute atomic E-state index is 11.1. The zero-order valence-corrected chi connectivity index (χ0v) is 32.0. The third-order valence-corrected chi connectivity index (χ3v) is 6.32. The van der Waals surface area contributed by atoms with Crippen molar-refractivity contribution in [2.45, 2.75) is 0 Å². The first-order valence-corrected chi connectivity index (χ1v) is 22.4. The number of pyridine rings is 4. The molecule has 8 nitrogen and oxygen atoms in total. The topological polar surface area (TPSA) is 103 Å². The third-order valence-electron chi connectivity index (χ3n) is 4.39. The van der Waals surface area contributed by atoms with Crippen molar-refractivity contribution in [1.29, 1.82) is 0 Å². The molecule has 26 heteroatoms. The predicted octanol–water partition coefficient (Wildman–Crippen LogP) is 9.60. The number of nitrogens with zero attached hydrogens (tertiary/aromatic N) is 8. The van der Waals surface area contributed by atoms with Gasteiger partial charge in [0, 0.05) is 24.8 Å². The van der Waals surface area contributed by atoms with E-state index in [-0.39, 0.29) is 44.8 Å². The molecule has 6 heterocycles. The van der Waals surface area contributed by atoms with Crippen LogP contribution in [0.2, 0.25) is 0 Å². The standard InChI is InChI=1S/2C12H8N4S.2Ag.2AsF6/c2*1-3-7-13-9(5-1)11-15-16-12(17-11)10-6-2-4-8-14-10;;;2*2-1(3,4,5,6)7/h2*1-8H;;;;/q;;2*+1;2*-1. The summed E-state index contributed by atoms with van der Waals surface area (Å²) in [4.78, 5) is 17.0. The summed E-state index contributed by atoms with van der Waals surface area (Å²) >= 11 is -19.1. The molecule has 0 amide bonds. The van der Waals surface area contributed by atoms with E-state index >= 15 is 0 Å². The van der Waals surface area contributed by atoms with Gasteiger partial charge in [-0.15, -0.1) is 20.4 Å². The van der Waals surface area contributed by atoms with E-state index in [0.717, 1.165) is 42.8 Å². The minimum absolute atomic E-state index is 0. The van der Waals surface area contributed by atoms with Crippen LogP contribution in [0.4, 0.5) is 41.6 Å². The Morgan fingerprint density at radius 3 is 0.660 bits per heavy atom. The number of rotatable bonds is 4. The molecule has 0 unspecified atom stereocenters. The first-order valence-electron chi connectivity index (χ1n) is 12.2. The zero-order valence-electron chi connectivity index (χ0n) is 23.7. The summed E-state index contributed by atoms with van der Waals surface area (Å²) < 4.78 is 119. The van der Waals surface area contributed by atoms with E-state index in [1.165, 1.54) is 22.7 Å². The van der Waals surface area contributed by atoms with Crippen molar-refractivity contribution in [3.8, 4) is 42.8 Å². The predicted molar refractivity (Wildman–Crippen MR) is 158 cm³/mol. The molecule has 6 aromatic rings. The van der Waals surface area contributed by atoms with Crippen LogP contribution in [0.25, 0.3) is 42.8 Å². The van der Waals surface area contributed by atoms with Crippen LogP contribution >= 0.6 is 22.7 Å². The Labute approximate surface area is 315 Å². The van der Waals surface area contributed by atoms with Crippen LogP contribution < -0.4 is 0 Å². The quantitative estimate of drug-likeness (QED) is 0.127. The molecule has 0 aliphatic heterocycles. The summed E-state index contributed by atoms with van der Waals surface area (Å²) in [6, 6.07) is 22.9. The molecule has 6 rings (SSSR count). The van der Waals surface area contributed by atoms with E-state index < -0.39 is 28.3 Å². The van der Waals surface area contributed by atoms with E-state index in [1.54, 1.807) is 24.8 Å². The maximum atomic E-state index is 9.91. The molecule has 0 saturated carbocycles. The van der Waals surface area contributed by atoms with Crippen molar-refractivity contribution in [1.82, 2.24) is 40.3 Å². The molecule has 0 spiro atoms. The van der Waals surface area contributed by atoms with Crippen molar-refractivity contribution in [3.05, 3.63) is 97.6 Å². The van der Waals surface area contributed by atoms with Gasteiger partial charge in [0.25, 0.3) is 0 Å². The van der Waals surface area contributed by atoms with E-state index in [9.17, 15) is 41.6 Å². The molecular weight excluding hydrogens is 1060 g/mol. The fourth-order valence-electron chi connectivity index (χ4n) is 2.82. The average Bonchev–Trinajstić information content (AvgIpc) is 3.68. The number of halogens is 12. The molecule has 50 heavy (non-hydrogen) atoms. The summed E-state index contributed by atoms with van der Waals surface area (Å²) in [6.45, 7) is 0. The molecule has 280 valence electrons. The number of hydrogen-bond donors (Lipinski definition) is 0. The Hall–Kier alpha value is -2.52. The van der Waals surface area contributed by atoms with Crippen LogP contribution in [0, 0.1) is 0 Å². The van der Waals surface area contributed by atoms with Crippen LogP contribution in [0.1, 0.15) is 0 Å². The fraction of sp³-hybridized carbons (Fsp3) is 0. The van der Waals surface area contributed by atoms with Gasteiger partial charge in [0.1, 0.15) is 22.8 Å². The van der Waals surface area contributed by atoms with Gasteiger partial charge in [0.05, 0.1) is 0 Å². The molecule has 0 aliphatic rings. The summed E-state index contributed by atoms with van der Waals surface area (Å²) in [7, 11) is 0. The molecular formula is C24H16Ag2As2F12N8S2.